The number of aliphatic hydroxyl groups excluding tert-OH is 3. The number of benzene rings is 1. The number of carbonyl (C=O) groups excluding carboxylic acids is 2. The number of unbranched alkanes of at least 4 members (excludes halogenated alkanes) is 2. The topological polar surface area (TPSA) is 128 Å². The van der Waals surface area contributed by atoms with E-state index in [0.717, 1.165) is 12.0 Å². The number of amides is 2. The molecule has 0 atom stereocenters. The molecule has 1 aromatic rings. The zero-order valence-electron chi connectivity index (χ0n) is 14.8. The lowest BCUT2D eigenvalue weighted by Gasteiger charge is -2.28. The zero-order valence-corrected chi connectivity index (χ0v) is 14.8. The molecule has 1 rings (SSSR count). The number of rotatable bonds is 12. The Morgan fingerprint density at radius 1 is 0.962 bits per heavy atom. The Bertz CT molecular complexity index is 525. The fraction of sp³-hybridized carbons (Fsp3) is 0.556. The predicted molar refractivity (Wildman–Crippen MR) is 95.2 cm³/mol. The molecule has 0 fully saturated rings. The number of nitrogens with one attached hydrogen (secondary N) is 2. The number of aliphatic hydroxyl groups is 3. The van der Waals surface area contributed by atoms with Crippen LogP contribution in [0.5, 0.6) is 0 Å². The van der Waals surface area contributed by atoms with E-state index in [1.807, 2.05) is 30.3 Å². The number of hydrogen-bond donors (Lipinski definition) is 5. The molecule has 8 nitrogen and oxygen atoms in total. The molecule has 146 valence electrons. The summed E-state index contributed by atoms with van der Waals surface area (Å²) in [5.74, 6) is -0.350. The van der Waals surface area contributed by atoms with Gasteiger partial charge in [0.15, 0.2) is 0 Å². The maximum absolute atomic E-state index is 11.8. The normalized spacial score (nSPS) is 11.0. The second-order valence-corrected chi connectivity index (χ2v) is 6.10. The van der Waals surface area contributed by atoms with E-state index in [-0.39, 0.29) is 18.9 Å². The van der Waals surface area contributed by atoms with E-state index in [0.29, 0.717) is 19.4 Å². The number of carbonyl (C=O) groups is 2. The largest absolute Gasteiger partial charge is 0.445 e. The average Bonchev–Trinajstić information content (AvgIpc) is 2.68. The maximum atomic E-state index is 11.8. The van der Waals surface area contributed by atoms with Gasteiger partial charge in [0.2, 0.25) is 5.91 Å². The predicted octanol–water partition coefficient (Wildman–Crippen LogP) is 0.305. The minimum absolute atomic E-state index is 0.209. The molecule has 0 heterocycles. The van der Waals surface area contributed by atoms with E-state index >= 15 is 0 Å². The highest BCUT2D eigenvalue weighted by molar-refractivity contribution is 5.76. The van der Waals surface area contributed by atoms with Gasteiger partial charge < -0.3 is 30.7 Å². The number of alkyl carbamates (subject to hydrolysis) is 1. The average molecular weight is 368 g/mol. The van der Waals surface area contributed by atoms with Crippen molar-refractivity contribution in [1.29, 1.82) is 0 Å². The first-order valence-electron chi connectivity index (χ1n) is 8.63. The minimum atomic E-state index is -1.39. The SMILES string of the molecule is O=C(CCCCCNC(=O)OCc1ccccc1)NC(CO)(CO)CO. The van der Waals surface area contributed by atoms with Crippen LogP contribution in [0.2, 0.25) is 0 Å². The van der Waals surface area contributed by atoms with Gasteiger partial charge in [0.1, 0.15) is 12.1 Å². The lowest BCUT2D eigenvalue weighted by atomic mass is 10.0. The Morgan fingerprint density at radius 2 is 1.62 bits per heavy atom. The van der Waals surface area contributed by atoms with Crippen molar-refractivity contribution in [2.24, 2.45) is 0 Å². The fourth-order valence-electron chi connectivity index (χ4n) is 2.18. The standard InChI is InChI=1S/C18H28N2O6/c21-12-18(13-22,14-23)20-16(24)9-5-2-6-10-19-17(25)26-11-15-7-3-1-4-8-15/h1,3-4,7-8,21-23H,2,5-6,9-14H2,(H,19,25)(H,20,24). The first kappa shape index (κ1) is 21.9. The molecule has 0 unspecified atom stereocenters. The summed E-state index contributed by atoms with van der Waals surface area (Å²) in [7, 11) is 0. The van der Waals surface area contributed by atoms with E-state index in [1.54, 1.807) is 0 Å². The van der Waals surface area contributed by atoms with Crippen molar-refractivity contribution in [3.63, 3.8) is 0 Å². The van der Waals surface area contributed by atoms with Gasteiger partial charge in [0, 0.05) is 13.0 Å². The van der Waals surface area contributed by atoms with Gasteiger partial charge in [0.25, 0.3) is 0 Å². The van der Waals surface area contributed by atoms with E-state index in [1.165, 1.54) is 0 Å². The number of ether oxygens (including phenoxy) is 1. The van der Waals surface area contributed by atoms with Crippen molar-refractivity contribution >= 4 is 12.0 Å². The lowest BCUT2D eigenvalue weighted by Crippen LogP contribution is -2.57. The molecule has 0 saturated carbocycles. The van der Waals surface area contributed by atoms with E-state index < -0.39 is 31.5 Å². The lowest BCUT2D eigenvalue weighted by molar-refractivity contribution is -0.125. The second kappa shape index (κ2) is 12.2. The molecule has 1 aromatic carbocycles. The Morgan fingerprint density at radius 3 is 2.23 bits per heavy atom. The summed E-state index contributed by atoms with van der Waals surface area (Å²) in [6, 6.07) is 9.38. The van der Waals surface area contributed by atoms with Crippen LogP contribution in [0.3, 0.4) is 0 Å². The van der Waals surface area contributed by atoms with E-state index in [2.05, 4.69) is 10.6 Å². The molecule has 0 saturated heterocycles. The van der Waals surface area contributed by atoms with E-state index in [9.17, 15) is 9.59 Å². The first-order chi connectivity index (χ1) is 12.5. The quantitative estimate of drug-likeness (QED) is 0.338. The van der Waals surface area contributed by atoms with Crippen molar-refractivity contribution in [3.8, 4) is 0 Å². The highest BCUT2D eigenvalue weighted by atomic mass is 16.5. The van der Waals surface area contributed by atoms with Crippen LogP contribution in [0.15, 0.2) is 30.3 Å². The molecule has 0 bridgehead atoms. The van der Waals surface area contributed by atoms with Crippen LogP contribution in [0, 0.1) is 0 Å². The summed E-state index contributed by atoms with van der Waals surface area (Å²) < 4.78 is 5.08. The highest BCUT2D eigenvalue weighted by Crippen LogP contribution is 2.05. The van der Waals surface area contributed by atoms with Crippen LogP contribution in [-0.4, -0.2) is 59.2 Å². The smallest absolute Gasteiger partial charge is 0.407 e. The molecular weight excluding hydrogens is 340 g/mol. The third kappa shape index (κ3) is 8.28. The van der Waals surface area contributed by atoms with Gasteiger partial charge in [-0.05, 0) is 18.4 Å². The van der Waals surface area contributed by atoms with Gasteiger partial charge in [-0.1, -0.05) is 36.8 Å². The molecule has 5 N–H and O–H groups in total. The Hall–Kier alpha value is -2.16. The molecule has 0 aliphatic rings. The van der Waals surface area contributed by atoms with Crippen molar-refractivity contribution in [2.75, 3.05) is 26.4 Å². The van der Waals surface area contributed by atoms with Crippen molar-refractivity contribution in [1.82, 2.24) is 10.6 Å². The van der Waals surface area contributed by atoms with Gasteiger partial charge in [-0.25, -0.2) is 4.79 Å². The van der Waals surface area contributed by atoms with Crippen LogP contribution in [0.1, 0.15) is 31.2 Å². The maximum Gasteiger partial charge on any atom is 0.407 e. The Kier molecular flexibility index (Phi) is 10.3. The van der Waals surface area contributed by atoms with E-state index in [4.69, 9.17) is 20.1 Å². The van der Waals surface area contributed by atoms with Crippen molar-refractivity contribution < 1.29 is 29.6 Å². The van der Waals surface area contributed by atoms with Crippen molar-refractivity contribution in [3.05, 3.63) is 35.9 Å². The molecule has 0 aliphatic heterocycles. The van der Waals surface area contributed by atoms with Crippen LogP contribution in [0.25, 0.3) is 0 Å². The summed E-state index contributed by atoms with van der Waals surface area (Å²) in [5.41, 5.74) is -0.473. The van der Waals surface area contributed by atoms with Crippen LogP contribution >= 0.6 is 0 Å². The fourth-order valence-corrected chi connectivity index (χ4v) is 2.18. The summed E-state index contributed by atoms with van der Waals surface area (Å²) >= 11 is 0. The Labute approximate surface area is 153 Å². The minimum Gasteiger partial charge on any atom is -0.445 e. The third-order valence-corrected chi connectivity index (χ3v) is 3.88. The molecule has 0 aliphatic carbocycles. The first-order valence-corrected chi connectivity index (χ1v) is 8.63. The molecule has 0 radical (unpaired) electrons. The van der Waals surface area contributed by atoms with Crippen LogP contribution in [0.4, 0.5) is 4.79 Å². The van der Waals surface area contributed by atoms with Gasteiger partial charge in [-0.2, -0.15) is 0 Å². The summed E-state index contributed by atoms with van der Waals surface area (Å²) in [5, 5.41) is 32.5. The Balaban J connectivity index is 2.08. The third-order valence-electron chi connectivity index (χ3n) is 3.88. The molecule has 0 spiro atoms. The number of hydrogen-bond acceptors (Lipinski definition) is 6. The van der Waals surface area contributed by atoms with Crippen LogP contribution < -0.4 is 10.6 Å². The zero-order chi connectivity index (χ0) is 19.3. The van der Waals surface area contributed by atoms with Gasteiger partial charge >= 0.3 is 6.09 Å². The monoisotopic (exact) mass is 368 g/mol. The highest BCUT2D eigenvalue weighted by Gasteiger charge is 2.29. The summed E-state index contributed by atoms with van der Waals surface area (Å²) in [6.07, 6.45) is 1.73. The molecule has 26 heavy (non-hydrogen) atoms. The molecular formula is C18H28N2O6. The van der Waals surface area contributed by atoms with Crippen LogP contribution in [-0.2, 0) is 16.1 Å². The summed E-state index contributed by atoms with van der Waals surface area (Å²) in [4.78, 5) is 23.3. The molecule has 2 amide bonds. The summed E-state index contributed by atoms with van der Waals surface area (Å²) in [6.45, 7) is -0.958. The second-order valence-electron chi connectivity index (χ2n) is 6.10. The van der Waals surface area contributed by atoms with Crippen molar-refractivity contribution in [2.45, 2.75) is 37.8 Å². The molecule has 0 aromatic heterocycles. The van der Waals surface area contributed by atoms with Gasteiger partial charge in [-0.15, -0.1) is 0 Å². The van der Waals surface area contributed by atoms with Gasteiger partial charge in [0.05, 0.1) is 19.8 Å². The molecule has 8 heteroatoms. The van der Waals surface area contributed by atoms with Gasteiger partial charge in [-0.3, -0.25) is 4.79 Å².